The molecular weight excluding hydrogens is 500 g/mol. The van der Waals surface area contributed by atoms with E-state index in [0.717, 1.165) is 74.6 Å². The average Bonchev–Trinajstić information content (AvgIpc) is 3.40. The van der Waals surface area contributed by atoms with Gasteiger partial charge in [0.15, 0.2) is 0 Å². The van der Waals surface area contributed by atoms with Gasteiger partial charge in [-0.1, -0.05) is 55.3 Å². The number of nitrogens with one attached hydrogen (secondary N) is 1. The number of carbonyl (C=O) groups excluding carboxylic acids is 1. The van der Waals surface area contributed by atoms with E-state index in [1.54, 1.807) is 0 Å². The number of unbranched alkanes of at least 4 members (excludes halogenated alkanes) is 1. The van der Waals surface area contributed by atoms with E-state index in [2.05, 4.69) is 36.5 Å². The molecular formula is C30H42N2O5S. The lowest BCUT2D eigenvalue weighted by molar-refractivity contribution is -0.200. The Morgan fingerprint density at radius 3 is 2.37 bits per heavy atom. The molecule has 2 aromatic rings. The lowest BCUT2D eigenvalue weighted by Gasteiger charge is -2.40. The smallest absolute Gasteiger partial charge is 0.237 e. The maximum absolute atomic E-state index is 11.9. The molecule has 5 atom stereocenters. The molecule has 2 aliphatic rings. The predicted molar refractivity (Wildman–Crippen MR) is 151 cm³/mol. The normalized spacial score (nSPS) is 26.9. The third-order valence-electron chi connectivity index (χ3n) is 8.21. The van der Waals surface area contributed by atoms with Crippen LogP contribution in [0.4, 0.5) is 0 Å². The van der Waals surface area contributed by atoms with Crippen LogP contribution in [0.1, 0.15) is 72.4 Å². The molecule has 0 radical (unpaired) electrons. The van der Waals surface area contributed by atoms with Crippen LogP contribution in [0.25, 0.3) is 0 Å². The molecule has 4 rings (SSSR count). The van der Waals surface area contributed by atoms with Crippen molar-refractivity contribution in [2.24, 2.45) is 5.73 Å². The quantitative estimate of drug-likeness (QED) is 0.276. The van der Waals surface area contributed by atoms with Crippen LogP contribution in [0.3, 0.4) is 0 Å². The third-order valence-corrected chi connectivity index (χ3v) is 9.06. The fourth-order valence-corrected chi connectivity index (χ4v) is 6.36. The van der Waals surface area contributed by atoms with Gasteiger partial charge in [-0.15, -0.1) is 11.8 Å². The Kier molecular flexibility index (Phi) is 9.89. The summed E-state index contributed by atoms with van der Waals surface area (Å²) in [4.78, 5) is 11.9. The molecule has 0 unspecified atom stereocenters. The molecule has 38 heavy (non-hydrogen) atoms. The van der Waals surface area contributed by atoms with Crippen molar-refractivity contribution < 1.29 is 24.9 Å². The number of hydrogen-bond donors (Lipinski definition) is 5. The van der Waals surface area contributed by atoms with Crippen LogP contribution in [-0.2, 0) is 22.4 Å². The molecule has 1 aliphatic heterocycles. The molecule has 0 bridgehead atoms. The summed E-state index contributed by atoms with van der Waals surface area (Å²) < 4.78 is 5.95. The molecule has 6 N–H and O–H groups in total. The van der Waals surface area contributed by atoms with Crippen LogP contribution in [0.15, 0.2) is 42.5 Å². The molecule has 1 heterocycles. The van der Waals surface area contributed by atoms with Gasteiger partial charge in [0.05, 0.1) is 5.54 Å². The zero-order chi connectivity index (χ0) is 27.3. The Hall–Kier alpha value is -1.94. The molecule has 0 spiro atoms. The van der Waals surface area contributed by atoms with Gasteiger partial charge in [-0.2, -0.15) is 0 Å². The number of aryl methyl sites for hydroxylation is 2. The minimum atomic E-state index is -1.26. The molecule has 7 nitrogen and oxygen atoms in total. The predicted octanol–water partition coefficient (Wildman–Crippen LogP) is 3.14. The van der Waals surface area contributed by atoms with Crippen molar-refractivity contribution in [3.63, 3.8) is 0 Å². The minimum Gasteiger partial charge on any atom is -0.387 e. The van der Waals surface area contributed by atoms with Gasteiger partial charge in [0, 0.05) is 0 Å². The van der Waals surface area contributed by atoms with Crippen LogP contribution in [-0.4, -0.2) is 63.3 Å². The molecule has 2 fully saturated rings. The first kappa shape index (κ1) is 29.1. The summed E-state index contributed by atoms with van der Waals surface area (Å²) in [6.07, 6.45) is 5.14. The third kappa shape index (κ3) is 6.61. The van der Waals surface area contributed by atoms with Gasteiger partial charge in [0.25, 0.3) is 0 Å². The van der Waals surface area contributed by atoms with Crippen molar-refractivity contribution in [2.75, 3.05) is 12.8 Å². The number of nitrogens with two attached hydrogens (primary N) is 1. The van der Waals surface area contributed by atoms with Crippen molar-refractivity contribution in [1.82, 2.24) is 5.32 Å². The van der Waals surface area contributed by atoms with E-state index in [9.17, 15) is 20.1 Å². The fraction of sp³-hybridized carbons (Fsp3) is 0.567. The summed E-state index contributed by atoms with van der Waals surface area (Å²) in [6, 6.07) is 14.7. The van der Waals surface area contributed by atoms with Crippen LogP contribution < -0.4 is 11.1 Å². The second-order valence-electron chi connectivity index (χ2n) is 10.8. The highest BCUT2D eigenvalue weighted by Crippen LogP contribution is 2.36. The van der Waals surface area contributed by atoms with Gasteiger partial charge >= 0.3 is 0 Å². The monoisotopic (exact) mass is 542 g/mol. The first-order valence-corrected chi connectivity index (χ1v) is 15.0. The number of hydrogen-bond acceptors (Lipinski definition) is 7. The molecule has 2 aromatic carbocycles. The van der Waals surface area contributed by atoms with Crippen LogP contribution >= 0.6 is 11.8 Å². The lowest BCUT2D eigenvalue weighted by Crippen LogP contribution is -2.53. The van der Waals surface area contributed by atoms with E-state index in [1.807, 2.05) is 24.5 Å². The summed E-state index contributed by atoms with van der Waals surface area (Å²) in [5, 5.41) is 34.5. The topological polar surface area (TPSA) is 125 Å². The number of ether oxygens (including phenoxy) is 1. The Bertz CT molecular complexity index is 1070. The number of aliphatic hydroxyl groups is 3. The second kappa shape index (κ2) is 12.9. The molecule has 1 saturated heterocycles. The van der Waals surface area contributed by atoms with Gasteiger partial charge in [-0.05, 0) is 86.1 Å². The van der Waals surface area contributed by atoms with E-state index in [1.165, 1.54) is 22.9 Å². The maximum Gasteiger partial charge on any atom is 0.237 e. The summed E-state index contributed by atoms with van der Waals surface area (Å²) in [5.74, 6) is -0.214. The Balaban J connectivity index is 1.31. The molecule has 0 aromatic heterocycles. The zero-order valence-corrected chi connectivity index (χ0v) is 23.3. The number of aliphatic hydroxyl groups excluding tert-OH is 3. The van der Waals surface area contributed by atoms with E-state index < -0.39 is 35.4 Å². The SMILES string of the molecule is CS[C@H]1O[C@@H](c2ccc(C)c(Cc3ccc(CCCCNC4(C(N)=O)CCCC4)cc3)c2)[C@H](O)[C@@H](O)[C@@H]1O. The molecule has 1 amide bonds. The summed E-state index contributed by atoms with van der Waals surface area (Å²) in [6.45, 7) is 2.88. The molecule has 208 valence electrons. The van der Waals surface area contributed by atoms with Crippen molar-refractivity contribution in [1.29, 1.82) is 0 Å². The van der Waals surface area contributed by atoms with Gasteiger partial charge in [-0.3, -0.25) is 4.79 Å². The Morgan fingerprint density at radius 2 is 1.71 bits per heavy atom. The van der Waals surface area contributed by atoms with Crippen LogP contribution in [0, 0.1) is 6.92 Å². The van der Waals surface area contributed by atoms with E-state index in [4.69, 9.17) is 10.5 Å². The number of thioether (sulfide) groups is 1. The minimum absolute atomic E-state index is 0.214. The molecule has 1 saturated carbocycles. The van der Waals surface area contributed by atoms with E-state index >= 15 is 0 Å². The highest BCUT2D eigenvalue weighted by molar-refractivity contribution is 7.99. The zero-order valence-electron chi connectivity index (χ0n) is 22.4. The van der Waals surface area contributed by atoms with Gasteiger partial charge in [0.1, 0.15) is 29.9 Å². The highest BCUT2D eigenvalue weighted by atomic mass is 32.2. The Morgan fingerprint density at radius 1 is 1.03 bits per heavy atom. The van der Waals surface area contributed by atoms with Gasteiger partial charge in [-0.25, -0.2) is 0 Å². The largest absolute Gasteiger partial charge is 0.387 e. The fourth-order valence-electron chi connectivity index (χ4n) is 5.69. The van der Waals surface area contributed by atoms with Crippen molar-refractivity contribution >= 4 is 17.7 Å². The van der Waals surface area contributed by atoms with E-state index in [-0.39, 0.29) is 5.91 Å². The van der Waals surface area contributed by atoms with Gasteiger partial charge < -0.3 is 31.1 Å². The first-order chi connectivity index (χ1) is 18.2. The number of carbonyl (C=O) groups is 1. The maximum atomic E-state index is 11.9. The summed E-state index contributed by atoms with van der Waals surface area (Å²) >= 11 is 1.32. The van der Waals surface area contributed by atoms with Crippen molar-refractivity contribution in [3.05, 3.63) is 70.3 Å². The highest BCUT2D eigenvalue weighted by Gasteiger charge is 2.44. The van der Waals surface area contributed by atoms with Crippen LogP contribution in [0.5, 0.6) is 0 Å². The number of primary amides is 1. The number of benzene rings is 2. The van der Waals surface area contributed by atoms with Gasteiger partial charge in [0.2, 0.25) is 5.91 Å². The molecule has 8 heteroatoms. The summed E-state index contributed by atoms with van der Waals surface area (Å²) in [7, 11) is 0. The number of amides is 1. The van der Waals surface area contributed by atoms with Crippen LogP contribution in [0.2, 0.25) is 0 Å². The number of rotatable bonds is 11. The second-order valence-corrected chi connectivity index (χ2v) is 11.8. The average molecular weight is 543 g/mol. The van der Waals surface area contributed by atoms with Crippen molar-refractivity contribution in [3.8, 4) is 0 Å². The first-order valence-electron chi connectivity index (χ1n) is 13.7. The standard InChI is InChI=1S/C30H42N2O5S/c1-19-8-13-22(27-25(34)24(33)26(35)28(37-27)38-2)18-23(19)17-21-11-9-20(10-12-21)7-3-6-16-32-30(29(31)36)14-4-5-15-30/h8-13,18,24-28,32-35H,3-7,14-17H2,1-2H3,(H2,31,36)/t24-,25-,26+,27+,28-/m1/s1. The lowest BCUT2D eigenvalue weighted by atomic mass is 9.91. The van der Waals surface area contributed by atoms with Crippen molar-refractivity contribution in [2.45, 2.75) is 93.7 Å². The molecule has 1 aliphatic carbocycles. The Labute approximate surface area is 230 Å². The summed E-state index contributed by atoms with van der Waals surface area (Å²) in [5.41, 5.74) is 10.1. The van der Waals surface area contributed by atoms with E-state index in [0.29, 0.717) is 0 Å².